The predicted molar refractivity (Wildman–Crippen MR) is 108 cm³/mol. The first-order valence-corrected chi connectivity index (χ1v) is 10.0. The Morgan fingerprint density at radius 3 is 2.66 bits per heavy atom. The van der Waals surface area contributed by atoms with Gasteiger partial charge in [0.15, 0.2) is 11.5 Å². The minimum atomic E-state index is -0.778. The number of nitrogens with one attached hydrogen (secondary N) is 1. The number of ether oxygens (including phenoxy) is 3. The number of benzene rings is 1. The summed E-state index contributed by atoms with van der Waals surface area (Å²) >= 11 is 0. The van der Waals surface area contributed by atoms with Gasteiger partial charge in [-0.2, -0.15) is 0 Å². The van der Waals surface area contributed by atoms with Gasteiger partial charge in [0, 0.05) is 45.7 Å². The Morgan fingerprint density at radius 2 is 1.93 bits per heavy atom. The second-order valence-corrected chi connectivity index (χ2v) is 7.53. The molecule has 0 spiro atoms. The van der Waals surface area contributed by atoms with E-state index in [0.717, 1.165) is 36.7 Å². The van der Waals surface area contributed by atoms with Crippen LogP contribution in [0.3, 0.4) is 0 Å². The van der Waals surface area contributed by atoms with Crippen LogP contribution in [0.15, 0.2) is 48.8 Å². The molecule has 2 aliphatic rings. The number of likely N-dealkylation sites (tertiary alicyclic amines) is 1. The van der Waals surface area contributed by atoms with Crippen LogP contribution in [0.5, 0.6) is 11.5 Å². The van der Waals surface area contributed by atoms with Crippen LogP contribution in [0.25, 0.3) is 0 Å². The maximum atomic E-state index is 12.8. The maximum absolute atomic E-state index is 12.8. The number of rotatable bonds is 6. The quantitative estimate of drug-likeness (QED) is 0.804. The third-order valence-corrected chi connectivity index (χ3v) is 5.70. The van der Waals surface area contributed by atoms with Crippen LogP contribution in [0.1, 0.15) is 18.4 Å². The SMILES string of the molecule is COC1(C(=O)NCc2ccncc2)CCN(CC2COc3ccccc3O2)CC1. The number of aromatic nitrogens is 1. The molecule has 0 bridgehead atoms. The van der Waals surface area contributed by atoms with E-state index >= 15 is 0 Å². The van der Waals surface area contributed by atoms with Crippen LogP contribution in [-0.2, 0) is 16.1 Å². The van der Waals surface area contributed by atoms with Gasteiger partial charge in [0.25, 0.3) is 5.91 Å². The molecular formula is C22H27N3O4. The monoisotopic (exact) mass is 397 g/mol. The van der Waals surface area contributed by atoms with E-state index in [1.54, 1.807) is 19.5 Å². The summed E-state index contributed by atoms with van der Waals surface area (Å²) in [5.41, 5.74) is 0.242. The summed E-state index contributed by atoms with van der Waals surface area (Å²) in [7, 11) is 1.62. The van der Waals surface area contributed by atoms with Gasteiger partial charge in [-0.15, -0.1) is 0 Å². The van der Waals surface area contributed by atoms with E-state index in [9.17, 15) is 4.79 Å². The van der Waals surface area contributed by atoms with Crippen LogP contribution in [0.4, 0.5) is 0 Å². The Morgan fingerprint density at radius 1 is 1.21 bits per heavy atom. The molecule has 1 aromatic heterocycles. The molecule has 1 N–H and O–H groups in total. The summed E-state index contributed by atoms with van der Waals surface area (Å²) in [6, 6.07) is 11.5. The van der Waals surface area contributed by atoms with Crippen molar-refractivity contribution in [1.29, 1.82) is 0 Å². The number of para-hydroxylation sites is 2. The molecule has 1 saturated heterocycles. The first-order chi connectivity index (χ1) is 14.2. The zero-order valence-corrected chi connectivity index (χ0v) is 16.7. The molecular weight excluding hydrogens is 370 g/mol. The van der Waals surface area contributed by atoms with Crippen LogP contribution >= 0.6 is 0 Å². The lowest BCUT2D eigenvalue weighted by Crippen LogP contribution is -2.56. The Kier molecular flexibility index (Phi) is 5.97. The third kappa shape index (κ3) is 4.52. The van der Waals surface area contributed by atoms with Crippen molar-refractivity contribution in [3.8, 4) is 11.5 Å². The van der Waals surface area contributed by atoms with E-state index in [1.807, 2.05) is 36.4 Å². The zero-order valence-electron chi connectivity index (χ0n) is 16.7. The summed E-state index contributed by atoms with van der Waals surface area (Å²) in [4.78, 5) is 19.2. The smallest absolute Gasteiger partial charge is 0.252 e. The van der Waals surface area contributed by atoms with Gasteiger partial charge in [0.1, 0.15) is 18.3 Å². The van der Waals surface area contributed by atoms with E-state index in [-0.39, 0.29) is 12.0 Å². The molecule has 7 heteroatoms. The number of hydrogen-bond donors (Lipinski definition) is 1. The van der Waals surface area contributed by atoms with Crippen molar-refractivity contribution in [3.63, 3.8) is 0 Å². The minimum absolute atomic E-state index is 0.0135. The van der Waals surface area contributed by atoms with Crippen LogP contribution in [0, 0.1) is 0 Å². The molecule has 1 amide bonds. The Balaban J connectivity index is 1.28. The molecule has 2 aromatic rings. The normalized spacial score (nSPS) is 20.8. The number of nitrogens with zero attached hydrogens (tertiary/aromatic N) is 2. The molecule has 2 aliphatic heterocycles. The highest BCUT2D eigenvalue weighted by Crippen LogP contribution is 2.32. The van der Waals surface area contributed by atoms with E-state index in [4.69, 9.17) is 14.2 Å². The summed E-state index contributed by atoms with van der Waals surface area (Å²) in [5, 5.41) is 3.01. The molecule has 1 unspecified atom stereocenters. The standard InChI is InChI=1S/C22H27N3O4/c1-27-22(21(26)24-14-17-6-10-23-11-7-17)8-12-25(13-9-22)15-18-16-28-19-4-2-3-5-20(19)29-18/h2-7,10-11,18H,8-9,12-16H2,1H3,(H,24,26). The number of amides is 1. The Bertz CT molecular complexity index is 822. The predicted octanol–water partition coefficient (Wildman–Crippen LogP) is 2.02. The average molecular weight is 397 g/mol. The number of methoxy groups -OCH3 is 1. The lowest BCUT2D eigenvalue weighted by Gasteiger charge is -2.41. The summed E-state index contributed by atoms with van der Waals surface area (Å²) in [6.07, 6.45) is 4.73. The Hall–Kier alpha value is -2.64. The molecule has 0 aliphatic carbocycles. The number of carbonyl (C=O) groups excluding carboxylic acids is 1. The highest BCUT2D eigenvalue weighted by atomic mass is 16.6. The first kappa shape index (κ1) is 19.7. The van der Waals surface area contributed by atoms with Crippen LogP contribution < -0.4 is 14.8 Å². The van der Waals surface area contributed by atoms with Crippen LogP contribution in [0.2, 0.25) is 0 Å². The van der Waals surface area contributed by atoms with Gasteiger partial charge >= 0.3 is 0 Å². The van der Waals surface area contributed by atoms with Gasteiger partial charge in [-0.1, -0.05) is 12.1 Å². The summed E-state index contributed by atoms with van der Waals surface area (Å²) in [5.74, 6) is 1.54. The first-order valence-electron chi connectivity index (χ1n) is 10.0. The fraction of sp³-hybridized carbons (Fsp3) is 0.455. The van der Waals surface area contributed by atoms with E-state index in [2.05, 4.69) is 15.2 Å². The molecule has 4 rings (SSSR count). The number of hydrogen-bond acceptors (Lipinski definition) is 6. The number of piperidine rings is 1. The van der Waals surface area contributed by atoms with Crippen LogP contribution in [-0.4, -0.2) is 60.8 Å². The van der Waals surface area contributed by atoms with Crippen molar-refractivity contribution >= 4 is 5.91 Å². The number of pyridine rings is 1. The van der Waals surface area contributed by atoms with Gasteiger partial charge in [0.05, 0.1) is 0 Å². The molecule has 1 atom stereocenters. The van der Waals surface area contributed by atoms with Gasteiger partial charge < -0.3 is 19.5 Å². The largest absolute Gasteiger partial charge is 0.486 e. The van der Waals surface area contributed by atoms with Crippen molar-refractivity contribution in [2.75, 3.05) is 33.4 Å². The van der Waals surface area contributed by atoms with Gasteiger partial charge in [-0.05, 0) is 42.7 Å². The van der Waals surface area contributed by atoms with Gasteiger partial charge in [0.2, 0.25) is 0 Å². The molecule has 3 heterocycles. The average Bonchev–Trinajstić information content (AvgIpc) is 2.79. The highest BCUT2D eigenvalue weighted by molar-refractivity contribution is 5.85. The van der Waals surface area contributed by atoms with Gasteiger partial charge in [-0.25, -0.2) is 0 Å². The highest BCUT2D eigenvalue weighted by Gasteiger charge is 2.42. The van der Waals surface area contributed by atoms with Crippen molar-refractivity contribution in [1.82, 2.24) is 15.2 Å². The fourth-order valence-corrected chi connectivity index (χ4v) is 3.91. The minimum Gasteiger partial charge on any atom is -0.486 e. The Labute approximate surface area is 171 Å². The number of carbonyl (C=O) groups is 1. The third-order valence-electron chi connectivity index (χ3n) is 5.70. The fourth-order valence-electron chi connectivity index (χ4n) is 3.91. The topological polar surface area (TPSA) is 72.9 Å². The van der Waals surface area contributed by atoms with Gasteiger partial charge in [-0.3, -0.25) is 14.7 Å². The molecule has 7 nitrogen and oxygen atoms in total. The molecule has 1 aromatic carbocycles. The molecule has 154 valence electrons. The zero-order chi connectivity index (χ0) is 20.1. The lowest BCUT2D eigenvalue weighted by molar-refractivity contribution is -0.150. The second-order valence-electron chi connectivity index (χ2n) is 7.53. The molecule has 0 radical (unpaired) electrons. The van der Waals surface area contributed by atoms with E-state index in [0.29, 0.717) is 26.0 Å². The lowest BCUT2D eigenvalue weighted by atomic mass is 9.89. The van der Waals surface area contributed by atoms with Crippen molar-refractivity contribution < 1.29 is 19.0 Å². The summed E-state index contributed by atoms with van der Waals surface area (Å²) in [6.45, 7) is 3.33. The van der Waals surface area contributed by atoms with Crippen molar-refractivity contribution in [2.45, 2.75) is 31.1 Å². The van der Waals surface area contributed by atoms with E-state index < -0.39 is 5.60 Å². The summed E-state index contributed by atoms with van der Waals surface area (Å²) < 4.78 is 17.6. The molecule has 0 saturated carbocycles. The van der Waals surface area contributed by atoms with Crippen molar-refractivity contribution in [2.24, 2.45) is 0 Å². The number of fused-ring (bicyclic) bond motifs is 1. The maximum Gasteiger partial charge on any atom is 0.252 e. The molecule has 1 fully saturated rings. The molecule has 29 heavy (non-hydrogen) atoms. The second kappa shape index (κ2) is 8.80. The van der Waals surface area contributed by atoms with Crippen molar-refractivity contribution in [3.05, 3.63) is 54.4 Å². The van der Waals surface area contributed by atoms with E-state index in [1.165, 1.54) is 0 Å².